The van der Waals surface area contributed by atoms with Crippen LogP contribution in [0.25, 0.3) is 10.9 Å². The molecule has 0 bridgehead atoms. The van der Waals surface area contributed by atoms with Crippen LogP contribution in [0.4, 0.5) is 4.39 Å². The van der Waals surface area contributed by atoms with Gasteiger partial charge in [-0.25, -0.2) is 4.39 Å². The molecule has 0 aliphatic carbocycles. The summed E-state index contributed by atoms with van der Waals surface area (Å²) < 4.78 is 15.5. The van der Waals surface area contributed by atoms with Crippen LogP contribution in [0.5, 0.6) is 0 Å². The Morgan fingerprint density at radius 2 is 2.26 bits per heavy atom. The molecule has 3 rings (SSSR count). The van der Waals surface area contributed by atoms with Crippen LogP contribution in [0.2, 0.25) is 0 Å². The highest BCUT2D eigenvalue weighted by molar-refractivity contribution is 5.85. The fourth-order valence-electron chi connectivity index (χ4n) is 3.26. The lowest BCUT2D eigenvalue weighted by Gasteiger charge is -2.22. The van der Waals surface area contributed by atoms with Gasteiger partial charge < -0.3 is 9.88 Å². The molecule has 1 N–H and O–H groups in total. The average Bonchev–Trinajstić information content (AvgIpc) is 2.65. The van der Waals surface area contributed by atoms with Crippen LogP contribution in [0.1, 0.15) is 24.1 Å². The van der Waals surface area contributed by atoms with Crippen molar-refractivity contribution in [3.05, 3.63) is 35.3 Å². The van der Waals surface area contributed by atoms with Crippen LogP contribution < -0.4 is 5.32 Å². The Hall–Kier alpha value is -1.35. The summed E-state index contributed by atoms with van der Waals surface area (Å²) in [5, 5.41) is 4.69. The van der Waals surface area contributed by atoms with Crippen molar-refractivity contribution in [1.29, 1.82) is 0 Å². The second kappa shape index (κ2) is 4.97. The molecule has 19 heavy (non-hydrogen) atoms. The number of hydrogen-bond donors (Lipinski definition) is 1. The maximum atomic E-state index is 13.4. The predicted octanol–water partition coefficient (Wildman–Crippen LogP) is 3.17. The normalized spacial score (nSPS) is 20.1. The van der Waals surface area contributed by atoms with Gasteiger partial charge in [-0.3, -0.25) is 0 Å². The van der Waals surface area contributed by atoms with Gasteiger partial charge in [0.05, 0.1) is 5.52 Å². The van der Waals surface area contributed by atoms with Crippen molar-refractivity contribution in [2.24, 2.45) is 13.0 Å². The van der Waals surface area contributed by atoms with E-state index in [1.165, 1.54) is 29.5 Å². The second-order valence-corrected chi connectivity index (χ2v) is 5.70. The fraction of sp³-hybridized carbons (Fsp3) is 0.500. The number of benzene rings is 1. The number of rotatable bonds is 2. The van der Waals surface area contributed by atoms with Gasteiger partial charge in [0.15, 0.2) is 0 Å². The number of halogens is 1. The van der Waals surface area contributed by atoms with Gasteiger partial charge >= 0.3 is 0 Å². The Balaban J connectivity index is 2.00. The smallest absolute Gasteiger partial charge is 0.125 e. The zero-order valence-corrected chi connectivity index (χ0v) is 11.7. The molecule has 102 valence electrons. The maximum Gasteiger partial charge on any atom is 0.125 e. The first-order valence-electron chi connectivity index (χ1n) is 7.11. The molecule has 3 heteroatoms. The molecule has 0 saturated carbocycles. The standard InChI is InChI=1S/C16H21FN2/c1-11-15(8-12-4-3-7-18-10-12)14-6-5-13(17)9-16(14)19(11)2/h5-6,9,12,18H,3-4,7-8,10H2,1-2H3. The molecule has 1 aliphatic heterocycles. The van der Waals surface area contributed by atoms with Crippen molar-refractivity contribution in [3.63, 3.8) is 0 Å². The van der Waals surface area contributed by atoms with Gasteiger partial charge in [-0.1, -0.05) is 0 Å². The SMILES string of the molecule is Cc1c(CC2CCCNC2)c2ccc(F)cc2n1C. The highest BCUT2D eigenvalue weighted by Crippen LogP contribution is 2.29. The minimum Gasteiger partial charge on any atom is -0.348 e. The predicted molar refractivity (Wildman–Crippen MR) is 76.9 cm³/mol. The van der Waals surface area contributed by atoms with Gasteiger partial charge in [0.25, 0.3) is 0 Å². The Bertz CT molecular complexity index is 594. The van der Waals surface area contributed by atoms with E-state index in [9.17, 15) is 4.39 Å². The number of nitrogens with one attached hydrogen (secondary N) is 1. The van der Waals surface area contributed by atoms with Gasteiger partial charge in [-0.05, 0) is 69.0 Å². The minimum absolute atomic E-state index is 0.154. The molecular formula is C16H21FN2. The topological polar surface area (TPSA) is 17.0 Å². The first-order valence-corrected chi connectivity index (χ1v) is 7.11. The summed E-state index contributed by atoms with van der Waals surface area (Å²) >= 11 is 0. The average molecular weight is 260 g/mol. The molecule has 0 radical (unpaired) electrons. The van der Waals surface area contributed by atoms with E-state index < -0.39 is 0 Å². The van der Waals surface area contributed by atoms with Crippen LogP contribution in [0, 0.1) is 18.7 Å². The molecule has 1 unspecified atom stereocenters. The van der Waals surface area contributed by atoms with Crippen molar-refractivity contribution < 1.29 is 4.39 Å². The number of fused-ring (bicyclic) bond motifs is 1. The molecular weight excluding hydrogens is 239 g/mol. The second-order valence-electron chi connectivity index (χ2n) is 5.70. The number of hydrogen-bond acceptors (Lipinski definition) is 1. The molecule has 1 aromatic heterocycles. The lowest BCUT2D eigenvalue weighted by atomic mass is 9.91. The van der Waals surface area contributed by atoms with Gasteiger partial charge in [0, 0.05) is 18.1 Å². The van der Waals surface area contributed by atoms with E-state index in [0.29, 0.717) is 5.92 Å². The minimum atomic E-state index is -0.154. The van der Waals surface area contributed by atoms with Crippen molar-refractivity contribution in [2.75, 3.05) is 13.1 Å². The summed E-state index contributed by atoms with van der Waals surface area (Å²) in [5.74, 6) is 0.557. The maximum absolute atomic E-state index is 13.4. The molecule has 1 aromatic carbocycles. The van der Waals surface area contributed by atoms with Crippen molar-refractivity contribution in [1.82, 2.24) is 9.88 Å². The third kappa shape index (κ3) is 2.27. The molecule has 0 spiro atoms. The first-order chi connectivity index (χ1) is 9.16. The van der Waals surface area contributed by atoms with Crippen molar-refractivity contribution in [2.45, 2.75) is 26.2 Å². The van der Waals surface area contributed by atoms with Crippen molar-refractivity contribution in [3.8, 4) is 0 Å². The lowest BCUT2D eigenvalue weighted by Crippen LogP contribution is -2.30. The van der Waals surface area contributed by atoms with Crippen LogP contribution in [0.15, 0.2) is 18.2 Å². The number of piperidine rings is 1. The highest BCUT2D eigenvalue weighted by atomic mass is 19.1. The zero-order valence-electron chi connectivity index (χ0n) is 11.7. The van der Waals surface area contributed by atoms with Gasteiger partial charge in [0.1, 0.15) is 5.82 Å². The Morgan fingerprint density at radius 1 is 1.42 bits per heavy atom. The number of aryl methyl sites for hydroxylation is 1. The molecule has 2 heterocycles. The van der Waals surface area contributed by atoms with Crippen molar-refractivity contribution >= 4 is 10.9 Å². The van der Waals surface area contributed by atoms with E-state index in [2.05, 4.69) is 16.8 Å². The van der Waals surface area contributed by atoms with Crippen LogP contribution in [-0.4, -0.2) is 17.7 Å². The van der Waals surface area contributed by atoms with E-state index in [1.807, 2.05) is 13.1 Å². The molecule has 2 nitrogen and oxygen atoms in total. The Labute approximate surface area is 113 Å². The molecule has 1 fully saturated rings. The summed E-state index contributed by atoms with van der Waals surface area (Å²) in [5.41, 5.74) is 3.67. The molecule has 1 aliphatic rings. The van der Waals surface area contributed by atoms with Gasteiger partial charge in [-0.2, -0.15) is 0 Å². The van der Waals surface area contributed by atoms with Crippen LogP contribution in [-0.2, 0) is 13.5 Å². The first kappa shape index (κ1) is 12.7. The largest absolute Gasteiger partial charge is 0.348 e. The highest BCUT2D eigenvalue weighted by Gasteiger charge is 2.19. The van der Waals surface area contributed by atoms with E-state index >= 15 is 0 Å². The van der Waals surface area contributed by atoms with Crippen LogP contribution >= 0.6 is 0 Å². The third-order valence-electron chi connectivity index (χ3n) is 4.48. The Kier molecular flexibility index (Phi) is 3.31. The number of aromatic nitrogens is 1. The third-order valence-corrected chi connectivity index (χ3v) is 4.48. The van der Waals surface area contributed by atoms with Gasteiger partial charge in [-0.15, -0.1) is 0 Å². The summed E-state index contributed by atoms with van der Waals surface area (Å²) in [6.07, 6.45) is 3.66. The zero-order chi connectivity index (χ0) is 13.4. The molecule has 2 aromatic rings. The quantitative estimate of drug-likeness (QED) is 0.877. The summed E-state index contributed by atoms with van der Waals surface area (Å²) in [6.45, 7) is 4.40. The van der Waals surface area contributed by atoms with E-state index in [-0.39, 0.29) is 5.82 Å². The fourth-order valence-corrected chi connectivity index (χ4v) is 3.26. The van der Waals surface area contributed by atoms with E-state index in [0.717, 1.165) is 25.0 Å². The summed E-state index contributed by atoms with van der Waals surface area (Å²) in [4.78, 5) is 0. The molecule has 0 amide bonds. The monoisotopic (exact) mass is 260 g/mol. The Morgan fingerprint density at radius 3 is 3.00 bits per heavy atom. The number of nitrogens with zero attached hydrogens (tertiary/aromatic N) is 1. The summed E-state index contributed by atoms with van der Waals surface area (Å²) in [6, 6.07) is 5.15. The summed E-state index contributed by atoms with van der Waals surface area (Å²) in [7, 11) is 2.03. The van der Waals surface area contributed by atoms with Crippen LogP contribution in [0.3, 0.4) is 0 Å². The van der Waals surface area contributed by atoms with E-state index in [4.69, 9.17) is 0 Å². The lowest BCUT2D eigenvalue weighted by molar-refractivity contribution is 0.376. The van der Waals surface area contributed by atoms with E-state index in [1.54, 1.807) is 12.1 Å². The van der Waals surface area contributed by atoms with Gasteiger partial charge in [0.2, 0.25) is 0 Å². The molecule has 1 saturated heterocycles. The molecule has 1 atom stereocenters.